The van der Waals surface area contributed by atoms with E-state index in [4.69, 9.17) is 27.9 Å². The van der Waals surface area contributed by atoms with Crippen LogP contribution in [0.5, 0.6) is 0 Å². The number of carbonyl (C=O) groups is 1. The van der Waals surface area contributed by atoms with E-state index in [1.807, 2.05) is 25.1 Å². The fourth-order valence-electron chi connectivity index (χ4n) is 3.69. The molecule has 178 valence electrons. The van der Waals surface area contributed by atoms with Gasteiger partial charge in [-0.25, -0.2) is 9.97 Å². The van der Waals surface area contributed by atoms with Crippen molar-refractivity contribution in [1.29, 1.82) is 0 Å². The first-order valence-electron chi connectivity index (χ1n) is 10.7. The van der Waals surface area contributed by atoms with Gasteiger partial charge in [0.1, 0.15) is 12.1 Å². The Bertz CT molecular complexity index is 1230. The number of nitrogens with one attached hydrogen (secondary N) is 2. The Morgan fingerprint density at radius 2 is 2.12 bits per heavy atom. The smallest absolute Gasteiger partial charge is 0.256 e. The van der Waals surface area contributed by atoms with Crippen molar-refractivity contribution >= 4 is 63.3 Å². The molecule has 2 aromatic carbocycles. The second kappa shape index (κ2) is 10.8. The molecule has 10 heteroatoms. The molecule has 0 bridgehead atoms. The van der Waals surface area contributed by atoms with Crippen LogP contribution in [0, 0.1) is 6.92 Å². The number of thioether (sulfide) groups is 1. The molecule has 2 N–H and O–H groups in total. The largest absolute Gasteiger partial charge is 0.382 e. The van der Waals surface area contributed by atoms with Gasteiger partial charge in [0, 0.05) is 41.2 Å². The number of hydrogen-bond donors (Lipinski definition) is 2. The summed E-state index contributed by atoms with van der Waals surface area (Å²) in [5, 5.41) is 8.47. The number of halogens is 2. The van der Waals surface area contributed by atoms with Crippen molar-refractivity contribution in [3.05, 3.63) is 70.1 Å². The highest BCUT2D eigenvalue weighted by Crippen LogP contribution is 2.30. The standard InChI is InChI=1S/C24H25Cl2N5O2S/c1-14-8-16(25)4-5-20(14)29-15(2)22(11-33-3)30-23-18-9-19(26)17(10-21(18)27-12-28-23)24(32)31-6-7-34-13-31/h4-5,8-10,12,22,29H,2,6-7,11,13H2,1,3H3,(H,27,28,30)/t22-/m0/s1. The van der Waals surface area contributed by atoms with Crippen molar-refractivity contribution in [2.24, 2.45) is 0 Å². The van der Waals surface area contributed by atoms with E-state index in [1.54, 1.807) is 35.9 Å². The number of hydrogen-bond acceptors (Lipinski definition) is 7. The van der Waals surface area contributed by atoms with Gasteiger partial charge in [-0.2, -0.15) is 0 Å². The molecular formula is C24H25Cl2N5O2S. The first kappa shape index (κ1) is 24.6. The third-order valence-electron chi connectivity index (χ3n) is 5.54. The van der Waals surface area contributed by atoms with Crippen LogP contribution in [0.3, 0.4) is 0 Å². The predicted molar refractivity (Wildman–Crippen MR) is 141 cm³/mol. The van der Waals surface area contributed by atoms with Crippen molar-refractivity contribution in [3.63, 3.8) is 0 Å². The number of fused-ring (bicyclic) bond motifs is 1. The zero-order chi connectivity index (χ0) is 24.2. The van der Waals surface area contributed by atoms with Gasteiger partial charge in [0.05, 0.1) is 34.6 Å². The van der Waals surface area contributed by atoms with Gasteiger partial charge in [-0.3, -0.25) is 4.79 Å². The van der Waals surface area contributed by atoms with E-state index in [-0.39, 0.29) is 11.9 Å². The van der Waals surface area contributed by atoms with Crippen LogP contribution in [-0.2, 0) is 4.74 Å². The molecule has 1 aliphatic rings. The summed E-state index contributed by atoms with van der Waals surface area (Å²) < 4.78 is 5.42. The molecule has 0 spiro atoms. The molecule has 2 heterocycles. The molecule has 1 fully saturated rings. The van der Waals surface area contributed by atoms with Gasteiger partial charge >= 0.3 is 0 Å². The Balaban J connectivity index is 1.60. The quantitative estimate of drug-likeness (QED) is 0.411. The predicted octanol–water partition coefficient (Wildman–Crippen LogP) is 5.44. The summed E-state index contributed by atoms with van der Waals surface area (Å²) in [6.45, 7) is 7.24. The SMILES string of the molecule is C=C(Nc1ccc(Cl)cc1C)[C@H](COC)Nc1ncnc2cc(C(=O)N3CCSC3)c(Cl)cc12. The number of amides is 1. The van der Waals surface area contributed by atoms with E-state index >= 15 is 0 Å². The Morgan fingerprint density at radius 3 is 2.82 bits per heavy atom. The van der Waals surface area contributed by atoms with E-state index in [0.29, 0.717) is 50.5 Å². The summed E-state index contributed by atoms with van der Waals surface area (Å²) in [6.07, 6.45) is 1.46. The van der Waals surface area contributed by atoms with Crippen molar-refractivity contribution in [2.75, 3.05) is 42.5 Å². The van der Waals surface area contributed by atoms with E-state index in [1.165, 1.54) is 6.33 Å². The number of ether oxygens (including phenoxy) is 1. The molecule has 0 unspecified atom stereocenters. The Labute approximate surface area is 212 Å². The van der Waals surface area contributed by atoms with Gasteiger partial charge in [-0.15, -0.1) is 11.8 Å². The van der Waals surface area contributed by atoms with Crippen molar-refractivity contribution < 1.29 is 9.53 Å². The Kier molecular flexibility index (Phi) is 7.83. The summed E-state index contributed by atoms with van der Waals surface area (Å²) in [4.78, 5) is 23.5. The summed E-state index contributed by atoms with van der Waals surface area (Å²) in [5.41, 5.74) is 3.66. The lowest BCUT2D eigenvalue weighted by atomic mass is 10.1. The fraction of sp³-hybridized carbons (Fsp3) is 0.292. The maximum atomic E-state index is 12.9. The van der Waals surface area contributed by atoms with Crippen LogP contribution in [0.25, 0.3) is 10.9 Å². The number of anilines is 2. The number of methoxy groups -OCH3 is 1. The fourth-order valence-corrected chi connectivity index (χ4v) is 5.11. The van der Waals surface area contributed by atoms with Crippen LogP contribution in [0.15, 0.2) is 48.9 Å². The first-order chi connectivity index (χ1) is 16.4. The third-order valence-corrected chi connectivity index (χ3v) is 7.06. The van der Waals surface area contributed by atoms with Crippen molar-refractivity contribution in [3.8, 4) is 0 Å². The summed E-state index contributed by atoms with van der Waals surface area (Å²) in [6, 6.07) is 8.77. The van der Waals surface area contributed by atoms with Crippen LogP contribution in [0.1, 0.15) is 15.9 Å². The van der Waals surface area contributed by atoms with Crippen LogP contribution in [0.4, 0.5) is 11.5 Å². The minimum absolute atomic E-state index is 0.0850. The van der Waals surface area contributed by atoms with E-state index in [9.17, 15) is 4.79 Å². The van der Waals surface area contributed by atoms with E-state index < -0.39 is 0 Å². The number of rotatable bonds is 8. The summed E-state index contributed by atoms with van der Waals surface area (Å²) in [5.74, 6) is 2.09. The van der Waals surface area contributed by atoms with Crippen LogP contribution in [-0.4, -0.2) is 58.7 Å². The van der Waals surface area contributed by atoms with Gasteiger partial charge in [0.15, 0.2) is 0 Å². The maximum absolute atomic E-state index is 12.9. The van der Waals surface area contributed by atoms with Crippen LogP contribution >= 0.6 is 35.0 Å². The molecule has 1 saturated heterocycles. The van der Waals surface area contributed by atoms with Crippen LogP contribution < -0.4 is 10.6 Å². The minimum Gasteiger partial charge on any atom is -0.382 e. The molecule has 1 aromatic heterocycles. The lowest BCUT2D eigenvalue weighted by Gasteiger charge is -2.23. The van der Waals surface area contributed by atoms with Gasteiger partial charge in [0.25, 0.3) is 5.91 Å². The average Bonchev–Trinajstić information content (AvgIpc) is 3.35. The number of aromatic nitrogens is 2. The molecule has 1 aliphatic heterocycles. The molecule has 0 saturated carbocycles. The second-order valence-corrected chi connectivity index (χ2v) is 9.86. The molecule has 1 atom stereocenters. The average molecular weight is 518 g/mol. The lowest BCUT2D eigenvalue weighted by molar-refractivity contribution is 0.0803. The monoisotopic (exact) mass is 517 g/mol. The molecule has 0 radical (unpaired) electrons. The summed E-state index contributed by atoms with van der Waals surface area (Å²) >= 11 is 14.3. The zero-order valence-electron chi connectivity index (χ0n) is 18.9. The van der Waals surface area contributed by atoms with Crippen molar-refractivity contribution in [1.82, 2.24) is 14.9 Å². The number of aryl methyl sites for hydroxylation is 1. The topological polar surface area (TPSA) is 79.4 Å². The Hall–Kier alpha value is -2.52. The molecule has 7 nitrogen and oxygen atoms in total. The van der Waals surface area contributed by atoms with Gasteiger partial charge in [-0.05, 0) is 42.8 Å². The molecule has 4 rings (SSSR count). The third kappa shape index (κ3) is 5.41. The maximum Gasteiger partial charge on any atom is 0.256 e. The van der Waals surface area contributed by atoms with Crippen molar-refractivity contribution in [2.45, 2.75) is 13.0 Å². The van der Waals surface area contributed by atoms with E-state index in [2.05, 4.69) is 27.2 Å². The molecule has 0 aliphatic carbocycles. The molecular weight excluding hydrogens is 493 g/mol. The van der Waals surface area contributed by atoms with E-state index in [0.717, 1.165) is 23.5 Å². The molecule has 3 aromatic rings. The van der Waals surface area contributed by atoms with Gasteiger partial charge < -0.3 is 20.3 Å². The first-order valence-corrected chi connectivity index (χ1v) is 12.6. The van der Waals surface area contributed by atoms with Gasteiger partial charge in [0.2, 0.25) is 0 Å². The summed E-state index contributed by atoms with van der Waals surface area (Å²) in [7, 11) is 1.62. The molecule has 1 amide bonds. The lowest BCUT2D eigenvalue weighted by Crippen LogP contribution is -2.31. The normalized spacial score (nSPS) is 14.3. The highest BCUT2D eigenvalue weighted by Gasteiger charge is 2.23. The zero-order valence-corrected chi connectivity index (χ0v) is 21.2. The van der Waals surface area contributed by atoms with Crippen LogP contribution in [0.2, 0.25) is 10.0 Å². The highest BCUT2D eigenvalue weighted by atomic mass is 35.5. The second-order valence-electron chi connectivity index (χ2n) is 7.94. The number of nitrogens with zero attached hydrogens (tertiary/aromatic N) is 3. The Morgan fingerprint density at radius 1 is 1.29 bits per heavy atom. The highest BCUT2D eigenvalue weighted by molar-refractivity contribution is 7.99. The van der Waals surface area contributed by atoms with Gasteiger partial charge in [-0.1, -0.05) is 29.8 Å². The minimum atomic E-state index is -0.306. The molecule has 34 heavy (non-hydrogen) atoms. The number of benzene rings is 2. The number of carbonyl (C=O) groups excluding carboxylic acids is 1.